The molecule has 3 aromatic rings. The highest BCUT2D eigenvalue weighted by molar-refractivity contribution is 9.10. The first-order valence-electron chi connectivity index (χ1n) is 8.44. The number of rotatable bonds is 7. The molecule has 1 heterocycles. The van der Waals surface area contributed by atoms with Crippen LogP contribution in [0.4, 0.5) is 5.69 Å². The van der Waals surface area contributed by atoms with Gasteiger partial charge in [-0.15, -0.1) is 0 Å². The van der Waals surface area contributed by atoms with Gasteiger partial charge in [-0.1, -0.05) is 6.92 Å². The van der Waals surface area contributed by atoms with Crippen LogP contribution in [-0.4, -0.2) is 18.1 Å². The molecule has 0 bridgehead atoms. The molecule has 0 saturated heterocycles. The minimum Gasteiger partial charge on any atom is -0.492 e. The maximum absolute atomic E-state index is 5.89. The Hall–Kier alpha value is -2.27. The molecule has 1 aromatic heterocycles. The largest absolute Gasteiger partial charge is 0.492 e. The molecule has 0 amide bonds. The van der Waals surface area contributed by atoms with Gasteiger partial charge in [0.1, 0.15) is 11.5 Å². The third-order valence-corrected chi connectivity index (χ3v) is 4.25. The van der Waals surface area contributed by atoms with Crippen LogP contribution in [0.15, 0.2) is 53.0 Å². The number of nitrogens with one attached hydrogen (secondary N) is 1. The normalized spacial score (nSPS) is 10.7. The van der Waals surface area contributed by atoms with Crippen molar-refractivity contribution in [3.63, 3.8) is 0 Å². The van der Waals surface area contributed by atoms with Crippen LogP contribution in [0.2, 0.25) is 0 Å². The number of pyridine rings is 1. The number of ether oxygens (including phenoxy) is 2. The molecule has 4 nitrogen and oxygen atoms in total. The van der Waals surface area contributed by atoms with Crippen molar-refractivity contribution in [3.05, 3.63) is 53.0 Å². The summed E-state index contributed by atoms with van der Waals surface area (Å²) >= 11 is 3.52. The maximum Gasteiger partial charge on any atom is 0.219 e. The van der Waals surface area contributed by atoms with E-state index in [1.165, 1.54) is 0 Å². The molecule has 130 valence electrons. The lowest BCUT2D eigenvalue weighted by Crippen LogP contribution is -1.97. The molecule has 0 aliphatic heterocycles. The SMILES string of the molecule is CCCOc1ccc(Oc2ccc3cc(NCC)ccc3n2)cc1Br. The first kappa shape index (κ1) is 17.5. The van der Waals surface area contributed by atoms with E-state index in [4.69, 9.17) is 9.47 Å². The van der Waals surface area contributed by atoms with Crippen molar-refractivity contribution in [2.75, 3.05) is 18.5 Å². The van der Waals surface area contributed by atoms with Crippen LogP contribution in [0.3, 0.4) is 0 Å². The molecule has 0 atom stereocenters. The van der Waals surface area contributed by atoms with Crippen LogP contribution in [-0.2, 0) is 0 Å². The lowest BCUT2D eigenvalue weighted by Gasteiger charge is -2.10. The molecule has 0 fully saturated rings. The van der Waals surface area contributed by atoms with Gasteiger partial charge in [0.25, 0.3) is 0 Å². The van der Waals surface area contributed by atoms with Crippen molar-refractivity contribution in [1.29, 1.82) is 0 Å². The van der Waals surface area contributed by atoms with Crippen LogP contribution in [0, 0.1) is 0 Å². The van der Waals surface area contributed by atoms with E-state index in [-0.39, 0.29) is 0 Å². The molecular weight excluding hydrogens is 380 g/mol. The summed E-state index contributed by atoms with van der Waals surface area (Å²) in [5.41, 5.74) is 2.00. The molecular formula is C20H21BrN2O2. The van der Waals surface area contributed by atoms with Crippen molar-refractivity contribution in [3.8, 4) is 17.4 Å². The van der Waals surface area contributed by atoms with Gasteiger partial charge in [-0.25, -0.2) is 4.98 Å². The van der Waals surface area contributed by atoms with Crippen LogP contribution < -0.4 is 14.8 Å². The Balaban J connectivity index is 1.78. The van der Waals surface area contributed by atoms with E-state index >= 15 is 0 Å². The summed E-state index contributed by atoms with van der Waals surface area (Å²) in [4.78, 5) is 4.58. The fraction of sp³-hybridized carbons (Fsp3) is 0.250. The molecule has 0 spiro atoms. The van der Waals surface area contributed by atoms with Crippen LogP contribution in [0.25, 0.3) is 10.9 Å². The number of fused-ring (bicyclic) bond motifs is 1. The van der Waals surface area contributed by atoms with E-state index in [1.54, 1.807) is 0 Å². The van der Waals surface area contributed by atoms with Gasteiger partial charge in [0.2, 0.25) is 5.88 Å². The van der Waals surface area contributed by atoms with Crippen LogP contribution >= 0.6 is 15.9 Å². The number of hydrogen-bond donors (Lipinski definition) is 1. The second kappa shape index (κ2) is 8.21. The maximum atomic E-state index is 5.89. The van der Waals surface area contributed by atoms with Gasteiger partial charge < -0.3 is 14.8 Å². The Morgan fingerprint density at radius 2 is 1.92 bits per heavy atom. The third kappa shape index (κ3) is 4.42. The fourth-order valence-electron chi connectivity index (χ4n) is 2.47. The molecule has 0 saturated carbocycles. The topological polar surface area (TPSA) is 43.4 Å². The Labute approximate surface area is 156 Å². The van der Waals surface area contributed by atoms with Gasteiger partial charge in [-0.2, -0.15) is 0 Å². The first-order chi connectivity index (χ1) is 12.2. The monoisotopic (exact) mass is 400 g/mol. The third-order valence-electron chi connectivity index (χ3n) is 3.63. The van der Waals surface area contributed by atoms with Gasteiger partial charge in [-0.05, 0) is 71.7 Å². The number of benzene rings is 2. The predicted octanol–water partition coefficient (Wildman–Crippen LogP) is 6.01. The zero-order chi connectivity index (χ0) is 17.6. The molecule has 5 heteroatoms. The summed E-state index contributed by atoms with van der Waals surface area (Å²) in [5.74, 6) is 2.10. The van der Waals surface area contributed by atoms with E-state index in [0.717, 1.165) is 39.8 Å². The lowest BCUT2D eigenvalue weighted by atomic mass is 10.2. The molecule has 3 rings (SSSR count). The van der Waals surface area contributed by atoms with Crippen molar-refractivity contribution < 1.29 is 9.47 Å². The van der Waals surface area contributed by atoms with E-state index in [0.29, 0.717) is 18.2 Å². The predicted molar refractivity (Wildman–Crippen MR) is 106 cm³/mol. The average Bonchev–Trinajstić information content (AvgIpc) is 2.61. The lowest BCUT2D eigenvalue weighted by molar-refractivity contribution is 0.315. The number of anilines is 1. The molecule has 0 aliphatic carbocycles. The standard InChI is InChI=1S/C20H21BrN2O2/c1-3-11-24-19-9-7-16(13-17(19)21)25-20-10-5-14-12-15(22-4-2)6-8-18(14)23-20/h5-10,12-13,22H,3-4,11H2,1-2H3. The zero-order valence-electron chi connectivity index (χ0n) is 14.4. The summed E-state index contributed by atoms with van der Waals surface area (Å²) in [6.45, 7) is 5.75. The second-order valence-electron chi connectivity index (χ2n) is 5.63. The van der Waals surface area contributed by atoms with Crippen molar-refractivity contribution in [2.45, 2.75) is 20.3 Å². The van der Waals surface area contributed by atoms with Crippen molar-refractivity contribution >= 4 is 32.5 Å². The minimum atomic E-state index is 0.567. The average molecular weight is 401 g/mol. The summed E-state index contributed by atoms with van der Waals surface area (Å²) in [7, 11) is 0. The number of halogens is 1. The van der Waals surface area contributed by atoms with Gasteiger partial charge in [0.05, 0.1) is 16.6 Å². The van der Waals surface area contributed by atoms with Gasteiger partial charge in [0.15, 0.2) is 0 Å². The van der Waals surface area contributed by atoms with E-state index < -0.39 is 0 Å². The first-order valence-corrected chi connectivity index (χ1v) is 9.23. The van der Waals surface area contributed by atoms with Gasteiger partial charge in [0, 0.05) is 23.7 Å². The second-order valence-corrected chi connectivity index (χ2v) is 6.48. The van der Waals surface area contributed by atoms with Gasteiger partial charge in [-0.3, -0.25) is 0 Å². The summed E-state index contributed by atoms with van der Waals surface area (Å²) < 4.78 is 12.4. The van der Waals surface area contributed by atoms with E-state index in [2.05, 4.69) is 46.1 Å². The fourth-order valence-corrected chi connectivity index (χ4v) is 2.94. The highest BCUT2D eigenvalue weighted by atomic mass is 79.9. The quantitative estimate of drug-likeness (QED) is 0.527. The zero-order valence-corrected chi connectivity index (χ0v) is 16.0. The molecule has 25 heavy (non-hydrogen) atoms. The summed E-state index contributed by atoms with van der Waals surface area (Å²) in [5, 5.41) is 4.38. The molecule has 0 aliphatic rings. The summed E-state index contributed by atoms with van der Waals surface area (Å²) in [6, 6.07) is 15.7. The smallest absolute Gasteiger partial charge is 0.219 e. The number of aromatic nitrogens is 1. The summed E-state index contributed by atoms with van der Waals surface area (Å²) in [6.07, 6.45) is 0.973. The molecule has 2 aromatic carbocycles. The molecule has 1 N–H and O–H groups in total. The van der Waals surface area contributed by atoms with Crippen molar-refractivity contribution in [2.24, 2.45) is 0 Å². The Morgan fingerprint density at radius 3 is 2.68 bits per heavy atom. The Bertz CT molecular complexity index is 867. The van der Waals surface area contributed by atoms with E-state index in [1.807, 2.05) is 42.5 Å². The highest BCUT2D eigenvalue weighted by Crippen LogP contribution is 2.32. The minimum absolute atomic E-state index is 0.567. The highest BCUT2D eigenvalue weighted by Gasteiger charge is 2.06. The van der Waals surface area contributed by atoms with Crippen LogP contribution in [0.1, 0.15) is 20.3 Å². The number of nitrogens with zero attached hydrogens (tertiary/aromatic N) is 1. The molecule has 0 unspecified atom stereocenters. The number of hydrogen-bond acceptors (Lipinski definition) is 4. The molecule has 0 radical (unpaired) electrons. The van der Waals surface area contributed by atoms with Crippen molar-refractivity contribution in [1.82, 2.24) is 4.98 Å². The van der Waals surface area contributed by atoms with E-state index in [9.17, 15) is 0 Å². The van der Waals surface area contributed by atoms with Gasteiger partial charge >= 0.3 is 0 Å². The van der Waals surface area contributed by atoms with Crippen LogP contribution in [0.5, 0.6) is 17.4 Å². The Morgan fingerprint density at radius 1 is 1.04 bits per heavy atom. The Kier molecular flexibility index (Phi) is 5.76.